The predicted octanol–water partition coefficient (Wildman–Crippen LogP) is 9.36. The first-order valence-electron chi connectivity index (χ1n) is 15.6. The number of rotatable bonds is 18. The van der Waals surface area contributed by atoms with E-state index in [0.717, 1.165) is 43.2 Å². The average molecular weight is 597 g/mol. The molecule has 2 aromatic carbocycles. The third kappa shape index (κ3) is 10.3. The van der Waals surface area contributed by atoms with Gasteiger partial charge in [-0.25, -0.2) is 19.2 Å². The Bertz CT molecular complexity index is 1240. The molecule has 0 aliphatic carbocycles. The number of benzene rings is 2. The number of carbonyl (C=O) groups excluding carboxylic acids is 1. The lowest BCUT2D eigenvalue weighted by Gasteiger charge is -2.20. The summed E-state index contributed by atoms with van der Waals surface area (Å²) >= 11 is 0. The standard InChI is InChI=1S/C34H46F2N2O3Si/c1-5-7-9-10-11-12-13-25-23-37-33(38-24-25)26-15-17-27(18-16-26)41-34(39)29-19-20-30(32(36)31(29)35)40-22-21-28(42(3)4)14-8-6-2/h15-20,23-24,28,42H,5-14,21-22H2,1-4H3. The molecule has 1 aromatic heterocycles. The van der Waals surface area contributed by atoms with Crippen LogP contribution in [0.5, 0.6) is 11.5 Å². The van der Waals surface area contributed by atoms with Gasteiger partial charge >= 0.3 is 5.97 Å². The van der Waals surface area contributed by atoms with E-state index in [1.807, 2.05) is 12.4 Å². The van der Waals surface area contributed by atoms with Gasteiger partial charge in [0, 0.05) is 26.8 Å². The summed E-state index contributed by atoms with van der Waals surface area (Å²) in [6.07, 6.45) is 16.4. The van der Waals surface area contributed by atoms with Crippen LogP contribution in [0.1, 0.15) is 94.0 Å². The Hall–Kier alpha value is -3.13. The molecule has 0 saturated carbocycles. The third-order valence-corrected chi connectivity index (χ3v) is 10.3. The highest BCUT2D eigenvalue weighted by Gasteiger charge is 2.22. The van der Waals surface area contributed by atoms with Gasteiger partial charge in [0.15, 0.2) is 17.4 Å². The lowest BCUT2D eigenvalue weighted by atomic mass is 10.1. The molecule has 1 heterocycles. The van der Waals surface area contributed by atoms with E-state index in [1.165, 1.54) is 50.7 Å². The molecule has 0 saturated heterocycles. The smallest absolute Gasteiger partial charge is 0.346 e. The topological polar surface area (TPSA) is 61.3 Å². The molecule has 0 aliphatic heterocycles. The maximum absolute atomic E-state index is 14.8. The van der Waals surface area contributed by atoms with Gasteiger partial charge in [-0.15, -0.1) is 0 Å². The number of aryl methyl sites for hydroxylation is 1. The molecule has 0 radical (unpaired) electrons. The Kier molecular flexibility index (Phi) is 14.1. The van der Waals surface area contributed by atoms with Crippen molar-refractivity contribution in [3.63, 3.8) is 0 Å². The van der Waals surface area contributed by atoms with E-state index >= 15 is 0 Å². The number of unbranched alkanes of at least 4 members (excludes halogenated alkanes) is 6. The first-order valence-corrected chi connectivity index (χ1v) is 18.6. The molecule has 0 fully saturated rings. The molecular formula is C34H46F2N2O3Si. The van der Waals surface area contributed by atoms with Crippen LogP contribution < -0.4 is 9.47 Å². The summed E-state index contributed by atoms with van der Waals surface area (Å²) in [5, 5.41) is 0. The minimum atomic E-state index is -1.27. The molecule has 8 heteroatoms. The summed E-state index contributed by atoms with van der Waals surface area (Å²) in [6, 6.07) is 9.12. The van der Waals surface area contributed by atoms with Crippen LogP contribution in [0.3, 0.4) is 0 Å². The zero-order valence-corrected chi connectivity index (χ0v) is 26.8. The fourth-order valence-electron chi connectivity index (χ4n) is 4.97. The van der Waals surface area contributed by atoms with Crippen molar-refractivity contribution in [3.05, 3.63) is 71.6 Å². The number of hydrogen-bond donors (Lipinski definition) is 0. The van der Waals surface area contributed by atoms with E-state index in [2.05, 4.69) is 36.9 Å². The molecule has 0 spiro atoms. The monoisotopic (exact) mass is 596 g/mol. The minimum absolute atomic E-state index is 0.189. The largest absolute Gasteiger partial charge is 0.490 e. The first-order chi connectivity index (χ1) is 20.3. The van der Waals surface area contributed by atoms with Crippen molar-refractivity contribution >= 4 is 14.8 Å². The Morgan fingerprint density at radius 2 is 1.50 bits per heavy atom. The summed E-state index contributed by atoms with van der Waals surface area (Å²) in [7, 11) is -0.869. The predicted molar refractivity (Wildman–Crippen MR) is 168 cm³/mol. The van der Waals surface area contributed by atoms with Crippen LogP contribution >= 0.6 is 0 Å². The van der Waals surface area contributed by atoms with E-state index in [-0.39, 0.29) is 11.5 Å². The summed E-state index contributed by atoms with van der Waals surface area (Å²) < 4.78 is 40.4. The van der Waals surface area contributed by atoms with Crippen molar-refractivity contribution in [1.29, 1.82) is 0 Å². The maximum atomic E-state index is 14.8. The second kappa shape index (κ2) is 17.7. The Balaban J connectivity index is 1.53. The fourth-order valence-corrected chi connectivity index (χ4v) is 6.68. The molecular weight excluding hydrogens is 550 g/mol. The lowest BCUT2D eigenvalue weighted by Crippen LogP contribution is -2.16. The van der Waals surface area contributed by atoms with Gasteiger partial charge in [-0.2, -0.15) is 4.39 Å². The molecule has 3 aromatic rings. The Morgan fingerprint density at radius 3 is 2.17 bits per heavy atom. The summed E-state index contributed by atoms with van der Waals surface area (Å²) in [6.45, 7) is 9.31. The van der Waals surface area contributed by atoms with E-state index in [4.69, 9.17) is 9.47 Å². The van der Waals surface area contributed by atoms with E-state index in [9.17, 15) is 13.6 Å². The normalized spacial score (nSPS) is 12.0. The van der Waals surface area contributed by atoms with Crippen molar-refractivity contribution in [1.82, 2.24) is 9.97 Å². The molecule has 42 heavy (non-hydrogen) atoms. The number of esters is 1. The van der Waals surface area contributed by atoms with Gasteiger partial charge in [0.05, 0.1) is 12.2 Å². The zero-order valence-electron chi connectivity index (χ0n) is 25.6. The summed E-state index contributed by atoms with van der Waals surface area (Å²) in [5.41, 5.74) is 1.98. The second-order valence-corrected chi connectivity index (χ2v) is 14.8. The van der Waals surface area contributed by atoms with Crippen molar-refractivity contribution < 1.29 is 23.0 Å². The number of hydrogen-bond acceptors (Lipinski definition) is 5. The molecule has 0 bridgehead atoms. The highest BCUT2D eigenvalue weighted by Crippen LogP contribution is 2.27. The van der Waals surface area contributed by atoms with E-state index in [1.54, 1.807) is 24.3 Å². The quantitative estimate of drug-likeness (QED) is 0.0634. The van der Waals surface area contributed by atoms with Crippen molar-refractivity contribution in [2.45, 2.75) is 103 Å². The average Bonchev–Trinajstić information content (AvgIpc) is 2.99. The SMILES string of the molecule is CCCCCCCCc1cnc(-c2ccc(OC(=O)c3ccc(OCCC(CCCC)[SiH](C)C)c(F)c3F)cc2)nc1. The fraction of sp³-hybridized carbons (Fsp3) is 0.500. The van der Waals surface area contributed by atoms with Crippen LogP contribution in [-0.4, -0.2) is 31.3 Å². The van der Waals surface area contributed by atoms with E-state index < -0.39 is 32.0 Å². The maximum Gasteiger partial charge on any atom is 0.346 e. The van der Waals surface area contributed by atoms with Gasteiger partial charge in [0.1, 0.15) is 5.75 Å². The Morgan fingerprint density at radius 1 is 0.833 bits per heavy atom. The van der Waals surface area contributed by atoms with Gasteiger partial charge in [-0.05, 0) is 66.8 Å². The highest BCUT2D eigenvalue weighted by molar-refractivity contribution is 6.57. The van der Waals surface area contributed by atoms with Gasteiger partial charge < -0.3 is 9.47 Å². The van der Waals surface area contributed by atoms with E-state index in [0.29, 0.717) is 18.0 Å². The van der Waals surface area contributed by atoms with Gasteiger partial charge in [0.2, 0.25) is 5.82 Å². The molecule has 5 nitrogen and oxygen atoms in total. The lowest BCUT2D eigenvalue weighted by molar-refractivity contribution is 0.0728. The number of ether oxygens (including phenoxy) is 2. The van der Waals surface area contributed by atoms with Gasteiger partial charge in [-0.3, -0.25) is 0 Å². The molecule has 1 atom stereocenters. The number of halogens is 2. The third-order valence-electron chi connectivity index (χ3n) is 7.73. The van der Waals surface area contributed by atoms with Crippen molar-refractivity contribution in [2.24, 2.45) is 0 Å². The molecule has 1 unspecified atom stereocenters. The zero-order chi connectivity index (χ0) is 30.3. The number of carbonyl (C=O) groups is 1. The van der Waals surface area contributed by atoms with Crippen LogP contribution in [0.2, 0.25) is 18.6 Å². The second-order valence-electron chi connectivity index (χ2n) is 11.4. The van der Waals surface area contributed by atoms with Crippen LogP contribution in [0.25, 0.3) is 11.4 Å². The van der Waals surface area contributed by atoms with Crippen LogP contribution in [0, 0.1) is 11.6 Å². The molecule has 0 aliphatic rings. The number of nitrogens with zero attached hydrogens (tertiary/aromatic N) is 2. The molecule has 228 valence electrons. The molecule has 3 rings (SSSR count). The molecule has 0 amide bonds. The first kappa shape index (κ1) is 33.4. The minimum Gasteiger partial charge on any atom is -0.490 e. The summed E-state index contributed by atoms with van der Waals surface area (Å²) in [5.74, 6) is -2.85. The number of aromatic nitrogens is 2. The van der Waals surface area contributed by atoms with Gasteiger partial charge in [-0.1, -0.05) is 78.3 Å². The Labute approximate surface area is 251 Å². The molecule has 0 N–H and O–H groups in total. The van der Waals surface area contributed by atoms with Crippen molar-refractivity contribution in [2.75, 3.05) is 6.61 Å². The van der Waals surface area contributed by atoms with Gasteiger partial charge in [0.25, 0.3) is 0 Å². The van der Waals surface area contributed by atoms with Crippen molar-refractivity contribution in [3.8, 4) is 22.9 Å². The van der Waals surface area contributed by atoms with Crippen LogP contribution in [0.4, 0.5) is 8.78 Å². The summed E-state index contributed by atoms with van der Waals surface area (Å²) in [4.78, 5) is 21.6. The van der Waals surface area contributed by atoms with Crippen LogP contribution in [0.15, 0.2) is 48.8 Å². The highest BCUT2D eigenvalue weighted by atomic mass is 28.3. The van der Waals surface area contributed by atoms with Crippen LogP contribution in [-0.2, 0) is 6.42 Å².